The van der Waals surface area contributed by atoms with E-state index in [-0.39, 0.29) is 0 Å². The lowest BCUT2D eigenvalue weighted by Crippen LogP contribution is -1.95. The number of hydrogen-bond donors (Lipinski definition) is 1. The smallest absolute Gasteiger partial charge is 0.00426 e. The third-order valence-electron chi connectivity index (χ3n) is 2.34. The summed E-state index contributed by atoms with van der Waals surface area (Å²) in [6.07, 6.45) is 6.36. The molecule has 0 saturated carbocycles. The first-order valence-electron chi connectivity index (χ1n) is 5.15. The molecule has 0 saturated heterocycles. The van der Waals surface area contributed by atoms with Crippen LogP contribution in [0.3, 0.4) is 0 Å². The summed E-state index contributed by atoms with van der Waals surface area (Å²) in [5.41, 5.74) is 9.53. The SMILES string of the molecule is Cc1ccc(C)c(CC=CCCN)c1. The van der Waals surface area contributed by atoms with Gasteiger partial charge in [-0.1, -0.05) is 35.9 Å². The van der Waals surface area contributed by atoms with E-state index in [9.17, 15) is 0 Å². The summed E-state index contributed by atoms with van der Waals surface area (Å²) in [5.74, 6) is 0. The van der Waals surface area contributed by atoms with Crippen molar-refractivity contribution >= 4 is 0 Å². The maximum absolute atomic E-state index is 5.41. The van der Waals surface area contributed by atoms with Crippen molar-refractivity contribution in [3.05, 3.63) is 47.0 Å². The highest BCUT2D eigenvalue weighted by Crippen LogP contribution is 2.11. The quantitative estimate of drug-likeness (QED) is 0.724. The number of aryl methyl sites for hydroxylation is 2. The van der Waals surface area contributed by atoms with Crippen molar-refractivity contribution in [2.24, 2.45) is 5.73 Å². The van der Waals surface area contributed by atoms with E-state index < -0.39 is 0 Å². The molecule has 0 radical (unpaired) electrons. The Morgan fingerprint density at radius 3 is 2.71 bits per heavy atom. The minimum absolute atomic E-state index is 0.739. The molecule has 76 valence electrons. The minimum Gasteiger partial charge on any atom is -0.330 e. The van der Waals surface area contributed by atoms with Crippen LogP contribution < -0.4 is 5.73 Å². The van der Waals surface area contributed by atoms with Gasteiger partial charge in [0.1, 0.15) is 0 Å². The van der Waals surface area contributed by atoms with Crippen LogP contribution in [0.5, 0.6) is 0 Å². The third kappa shape index (κ3) is 3.35. The molecule has 1 aromatic rings. The van der Waals surface area contributed by atoms with Crippen LogP contribution in [0.4, 0.5) is 0 Å². The second kappa shape index (κ2) is 5.61. The fourth-order valence-corrected chi connectivity index (χ4v) is 1.44. The van der Waals surface area contributed by atoms with Crippen LogP contribution in [0.2, 0.25) is 0 Å². The monoisotopic (exact) mass is 189 g/mol. The molecule has 0 aromatic heterocycles. The Kier molecular flexibility index (Phi) is 4.41. The highest BCUT2D eigenvalue weighted by atomic mass is 14.5. The van der Waals surface area contributed by atoms with Gasteiger partial charge in [-0.2, -0.15) is 0 Å². The Labute approximate surface area is 86.6 Å². The summed E-state index contributed by atoms with van der Waals surface area (Å²) in [6, 6.07) is 6.59. The van der Waals surface area contributed by atoms with Crippen molar-refractivity contribution in [2.45, 2.75) is 26.7 Å². The lowest BCUT2D eigenvalue weighted by Gasteiger charge is -2.03. The van der Waals surface area contributed by atoms with E-state index in [0.717, 1.165) is 19.4 Å². The molecule has 0 heterocycles. The Hall–Kier alpha value is -1.08. The molecule has 1 aromatic carbocycles. The average Bonchev–Trinajstić information content (AvgIpc) is 2.18. The predicted molar refractivity (Wildman–Crippen MR) is 62.4 cm³/mol. The van der Waals surface area contributed by atoms with Gasteiger partial charge >= 0.3 is 0 Å². The van der Waals surface area contributed by atoms with Gasteiger partial charge in [0.15, 0.2) is 0 Å². The minimum atomic E-state index is 0.739. The number of allylic oxidation sites excluding steroid dienone is 1. The van der Waals surface area contributed by atoms with Gasteiger partial charge in [0.05, 0.1) is 0 Å². The largest absolute Gasteiger partial charge is 0.330 e. The molecule has 1 heteroatoms. The van der Waals surface area contributed by atoms with E-state index in [0.29, 0.717) is 0 Å². The molecule has 0 fully saturated rings. The molecular weight excluding hydrogens is 170 g/mol. The Morgan fingerprint density at radius 1 is 1.21 bits per heavy atom. The standard InChI is InChI=1S/C13H19N/c1-11-7-8-12(2)13(10-11)6-4-3-5-9-14/h3-4,7-8,10H,5-6,9,14H2,1-2H3. The molecule has 0 unspecified atom stereocenters. The summed E-state index contributed by atoms with van der Waals surface area (Å²) in [6.45, 7) is 5.03. The van der Waals surface area contributed by atoms with E-state index >= 15 is 0 Å². The van der Waals surface area contributed by atoms with Crippen LogP contribution in [0.1, 0.15) is 23.1 Å². The molecule has 0 aliphatic rings. The van der Waals surface area contributed by atoms with Gasteiger partial charge in [0.25, 0.3) is 0 Å². The van der Waals surface area contributed by atoms with Crippen LogP contribution >= 0.6 is 0 Å². The van der Waals surface area contributed by atoms with Gasteiger partial charge in [0.2, 0.25) is 0 Å². The van der Waals surface area contributed by atoms with Gasteiger partial charge in [-0.05, 0) is 44.4 Å². The number of rotatable bonds is 4. The lowest BCUT2D eigenvalue weighted by atomic mass is 10.0. The number of nitrogens with two attached hydrogens (primary N) is 1. The molecule has 0 aliphatic carbocycles. The van der Waals surface area contributed by atoms with Crippen molar-refractivity contribution in [3.8, 4) is 0 Å². The number of benzene rings is 1. The fraction of sp³-hybridized carbons (Fsp3) is 0.385. The lowest BCUT2D eigenvalue weighted by molar-refractivity contribution is 1.00. The second-order valence-corrected chi connectivity index (χ2v) is 3.68. The third-order valence-corrected chi connectivity index (χ3v) is 2.34. The Balaban J connectivity index is 2.62. The molecular formula is C13H19N. The molecule has 1 rings (SSSR count). The zero-order valence-electron chi connectivity index (χ0n) is 9.09. The van der Waals surface area contributed by atoms with Crippen molar-refractivity contribution in [3.63, 3.8) is 0 Å². The Bertz CT molecular complexity index is 313. The van der Waals surface area contributed by atoms with Crippen LogP contribution in [-0.4, -0.2) is 6.54 Å². The molecule has 0 atom stereocenters. The van der Waals surface area contributed by atoms with Crippen LogP contribution in [0, 0.1) is 13.8 Å². The zero-order valence-corrected chi connectivity index (χ0v) is 9.09. The van der Waals surface area contributed by atoms with Crippen LogP contribution in [-0.2, 0) is 6.42 Å². The van der Waals surface area contributed by atoms with E-state index in [1.165, 1.54) is 16.7 Å². The first-order valence-corrected chi connectivity index (χ1v) is 5.15. The zero-order chi connectivity index (χ0) is 10.4. The number of hydrogen-bond acceptors (Lipinski definition) is 1. The molecule has 0 bridgehead atoms. The van der Waals surface area contributed by atoms with Crippen molar-refractivity contribution in [1.29, 1.82) is 0 Å². The fourth-order valence-electron chi connectivity index (χ4n) is 1.44. The van der Waals surface area contributed by atoms with Crippen molar-refractivity contribution < 1.29 is 0 Å². The first kappa shape index (κ1) is 11.0. The molecule has 0 spiro atoms. The average molecular weight is 189 g/mol. The van der Waals surface area contributed by atoms with E-state index in [1.54, 1.807) is 0 Å². The highest BCUT2D eigenvalue weighted by molar-refractivity contribution is 5.31. The van der Waals surface area contributed by atoms with E-state index in [1.807, 2.05) is 0 Å². The van der Waals surface area contributed by atoms with E-state index in [4.69, 9.17) is 5.73 Å². The highest BCUT2D eigenvalue weighted by Gasteiger charge is 1.95. The molecule has 0 aliphatic heterocycles. The van der Waals surface area contributed by atoms with E-state index in [2.05, 4.69) is 44.2 Å². The normalized spacial score (nSPS) is 11.1. The maximum atomic E-state index is 5.41. The Morgan fingerprint density at radius 2 is 2.00 bits per heavy atom. The van der Waals surface area contributed by atoms with Gasteiger partial charge < -0.3 is 5.73 Å². The summed E-state index contributed by atoms with van der Waals surface area (Å²) < 4.78 is 0. The first-order chi connectivity index (χ1) is 6.74. The van der Waals surface area contributed by atoms with Crippen molar-refractivity contribution in [2.75, 3.05) is 6.54 Å². The second-order valence-electron chi connectivity index (χ2n) is 3.68. The van der Waals surface area contributed by atoms with Gasteiger partial charge in [-0.3, -0.25) is 0 Å². The molecule has 14 heavy (non-hydrogen) atoms. The predicted octanol–water partition coefficient (Wildman–Crippen LogP) is 2.75. The van der Waals surface area contributed by atoms with Gasteiger partial charge in [-0.15, -0.1) is 0 Å². The van der Waals surface area contributed by atoms with Crippen LogP contribution in [0.25, 0.3) is 0 Å². The molecule has 1 nitrogen and oxygen atoms in total. The topological polar surface area (TPSA) is 26.0 Å². The molecule has 2 N–H and O–H groups in total. The molecule has 0 amide bonds. The maximum Gasteiger partial charge on any atom is -0.00426 e. The van der Waals surface area contributed by atoms with Crippen LogP contribution in [0.15, 0.2) is 30.4 Å². The summed E-state index contributed by atoms with van der Waals surface area (Å²) in [4.78, 5) is 0. The summed E-state index contributed by atoms with van der Waals surface area (Å²) >= 11 is 0. The summed E-state index contributed by atoms with van der Waals surface area (Å²) in [7, 11) is 0. The summed E-state index contributed by atoms with van der Waals surface area (Å²) in [5, 5.41) is 0. The van der Waals surface area contributed by atoms with Gasteiger partial charge in [0, 0.05) is 0 Å². The van der Waals surface area contributed by atoms with Gasteiger partial charge in [-0.25, -0.2) is 0 Å². The van der Waals surface area contributed by atoms with Crippen molar-refractivity contribution in [1.82, 2.24) is 0 Å².